The van der Waals surface area contributed by atoms with Gasteiger partial charge in [-0.3, -0.25) is 15.2 Å². The van der Waals surface area contributed by atoms with E-state index in [9.17, 15) is 22.8 Å². The highest BCUT2D eigenvalue weighted by Crippen LogP contribution is 2.50. The van der Waals surface area contributed by atoms with Crippen LogP contribution >= 0.6 is 0 Å². The number of fused-ring (bicyclic) bond motifs is 1. The topological polar surface area (TPSA) is 158 Å². The first kappa shape index (κ1) is 27.0. The van der Waals surface area contributed by atoms with Crippen molar-refractivity contribution in [1.82, 2.24) is 15.3 Å². The van der Waals surface area contributed by atoms with Crippen molar-refractivity contribution in [2.75, 3.05) is 6.61 Å². The van der Waals surface area contributed by atoms with Crippen LogP contribution in [0, 0.1) is 0 Å². The molecule has 3 N–H and O–H groups in total. The minimum Gasteiger partial charge on any atom is -0.451 e. The van der Waals surface area contributed by atoms with Crippen molar-refractivity contribution in [2.24, 2.45) is 5.84 Å². The fourth-order valence-corrected chi connectivity index (χ4v) is 7.29. The molecule has 0 aliphatic carbocycles. The maximum absolute atomic E-state index is 14.0. The molecule has 3 aromatic rings. The number of hydrogen-bond acceptors (Lipinski definition) is 9. The Morgan fingerprint density at radius 3 is 2.20 bits per heavy atom. The fourth-order valence-electron chi connectivity index (χ4n) is 5.01. The molecule has 2 saturated heterocycles. The van der Waals surface area contributed by atoms with Crippen LogP contribution in [0.4, 0.5) is 4.79 Å². The number of rotatable bonds is 7. The molecule has 0 spiro atoms. The monoisotopic (exact) mass is 562 g/mol. The molecule has 2 aliphatic heterocycles. The molecule has 2 unspecified atom stereocenters. The quantitative estimate of drug-likeness (QED) is 0.110. The standard InChI is InChI=1S/C28H26N4O7S/c1-28(17-38-27(35)31-29)23(26(34)39-22(18-10-4-2-5-11-18)19-12-6-3-7-13-19)32-24(33)21(25(32)40(28,36)37)16-20-14-8-9-15-30-20/h2-16,22-23,25H,17,29H2,1H3,(H,31,35)/b21-16-/t23-,25?,28?/m0/s1. The number of nitrogens with one attached hydrogen (secondary N) is 1. The first-order chi connectivity index (χ1) is 19.2. The third kappa shape index (κ3) is 4.50. The number of hydrazine groups is 1. The molecule has 0 bridgehead atoms. The SMILES string of the molecule is CC1(COC(=O)NN)[C@H](C(=O)OC(c2ccccc2)c2ccccc2)N2C(=O)/C(=C/c3ccccn3)C2S1(=O)=O. The largest absolute Gasteiger partial charge is 0.451 e. The Morgan fingerprint density at radius 1 is 1.05 bits per heavy atom. The summed E-state index contributed by atoms with van der Waals surface area (Å²) in [7, 11) is -4.33. The van der Waals surface area contributed by atoms with Gasteiger partial charge in [0.1, 0.15) is 11.4 Å². The second-order valence-corrected chi connectivity index (χ2v) is 12.0. The smallest absolute Gasteiger partial charge is 0.421 e. The minimum absolute atomic E-state index is 0.0498. The second-order valence-electron chi connectivity index (χ2n) is 9.54. The van der Waals surface area contributed by atoms with E-state index in [1.165, 1.54) is 19.2 Å². The molecule has 206 valence electrons. The highest BCUT2D eigenvalue weighted by Gasteiger charge is 2.73. The summed E-state index contributed by atoms with van der Waals surface area (Å²) in [6.45, 7) is 0.499. The molecule has 5 rings (SSSR count). The molecule has 2 aliphatic rings. The van der Waals surface area contributed by atoms with Crippen molar-refractivity contribution in [3.8, 4) is 0 Å². The highest BCUT2D eigenvalue weighted by molar-refractivity contribution is 7.94. The van der Waals surface area contributed by atoms with Crippen LogP contribution in [0.25, 0.3) is 6.08 Å². The zero-order valence-corrected chi connectivity index (χ0v) is 22.2. The van der Waals surface area contributed by atoms with E-state index in [4.69, 9.17) is 15.3 Å². The van der Waals surface area contributed by atoms with Crippen molar-refractivity contribution >= 4 is 33.9 Å². The molecule has 2 amide bonds. The van der Waals surface area contributed by atoms with E-state index in [-0.39, 0.29) is 5.57 Å². The zero-order chi connectivity index (χ0) is 28.5. The third-order valence-electron chi connectivity index (χ3n) is 7.06. The van der Waals surface area contributed by atoms with Crippen molar-refractivity contribution in [3.05, 3.63) is 107 Å². The van der Waals surface area contributed by atoms with E-state index >= 15 is 0 Å². The van der Waals surface area contributed by atoms with E-state index in [1.54, 1.807) is 72.2 Å². The van der Waals surface area contributed by atoms with Gasteiger partial charge in [0.05, 0.1) is 11.3 Å². The van der Waals surface area contributed by atoms with Crippen molar-refractivity contribution in [1.29, 1.82) is 0 Å². The van der Waals surface area contributed by atoms with Gasteiger partial charge in [-0.15, -0.1) is 0 Å². The summed E-state index contributed by atoms with van der Waals surface area (Å²) < 4.78 is 36.9. The van der Waals surface area contributed by atoms with Crippen LogP contribution in [0.15, 0.2) is 90.6 Å². The maximum Gasteiger partial charge on any atom is 0.421 e. The zero-order valence-electron chi connectivity index (χ0n) is 21.3. The summed E-state index contributed by atoms with van der Waals surface area (Å²) in [5.74, 6) is 3.48. The van der Waals surface area contributed by atoms with Gasteiger partial charge in [-0.1, -0.05) is 66.7 Å². The molecule has 0 radical (unpaired) electrons. The number of β-lactam (4-membered cyclic amide) rings is 1. The van der Waals surface area contributed by atoms with Crippen LogP contribution in [0.2, 0.25) is 0 Å². The number of aromatic nitrogens is 1. The van der Waals surface area contributed by atoms with E-state index in [0.29, 0.717) is 16.8 Å². The number of pyridine rings is 1. The molecular weight excluding hydrogens is 536 g/mol. The molecule has 12 heteroatoms. The molecular formula is C28H26N4O7S. The third-order valence-corrected chi connectivity index (χ3v) is 9.77. The predicted octanol–water partition coefficient (Wildman–Crippen LogP) is 2.12. The molecule has 2 fully saturated rings. The molecule has 0 saturated carbocycles. The Morgan fingerprint density at radius 2 is 1.65 bits per heavy atom. The van der Waals surface area contributed by atoms with E-state index in [1.807, 2.05) is 12.1 Å². The summed E-state index contributed by atoms with van der Waals surface area (Å²) in [5, 5.41) is -1.46. The van der Waals surface area contributed by atoms with Gasteiger partial charge in [-0.2, -0.15) is 0 Å². The van der Waals surface area contributed by atoms with Crippen molar-refractivity contribution < 1.29 is 32.3 Å². The van der Waals surface area contributed by atoms with Gasteiger partial charge < -0.3 is 14.4 Å². The summed E-state index contributed by atoms with van der Waals surface area (Å²) >= 11 is 0. The van der Waals surface area contributed by atoms with Gasteiger partial charge in [0.2, 0.25) is 0 Å². The molecule has 40 heavy (non-hydrogen) atoms. The number of esters is 1. The Balaban J connectivity index is 1.56. The lowest BCUT2D eigenvalue weighted by Crippen LogP contribution is -2.60. The van der Waals surface area contributed by atoms with Crippen LogP contribution in [-0.2, 0) is 28.9 Å². The Bertz CT molecular complexity index is 1530. The van der Waals surface area contributed by atoms with Gasteiger partial charge in [0.25, 0.3) is 5.91 Å². The lowest BCUT2D eigenvalue weighted by molar-refractivity contribution is -0.161. The van der Waals surface area contributed by atoms with Gasteiger partial charge in [0, 0.05) is 6.20 Å². The van der Waals surface area contributed by atoms with Crippen LogP contribution in [0.1, 0.15) is 29.8 Å². The van der Waals surface area contributed by atoms with Crippen LogP contribution in [0.3, 0.4) is 0 Å². The Kier molecular flexibility index (Phi) is 7.13. The van der Waals surface area contributed by atoms with Gasteiger partial charge in [0.15, 0.2) is 27.4 Å². The molecule has 3 atom stereocenters. The number of nitrogens with two attached hydrogens (primary N) is 1. The van der Waals surface area contributed by atoms with Gasteiger partial charge >= 0.3 is 12.1 Å². The lowest BCUT2D eigenvalue weighted by atomic mass is 9.94. The average molecular weight is 563 g/mol. The summed E-state index contributed by atoms with van der Waals surface area (Å²) in [5.41, 5.74) is 3.38. The molecule has 11 nitrogen and oxygen atoms in total. The normalized spacial score (nSPS) is 23.8. The maximum atomic E-state index is 14.0. The second kappa shape index (κ2) is 10.5. The average Bonchev–Trinajstić information content (AvgIpc) is 3.14. The number of carbonyl (C=O) groups is 3. The number of hydrogen-bond donors (Lipinski definition) is 2. The number of carbonyl (C=O) groups excluding carboxylic acids is 3. The van der Waals surface area contributed by atoms with Crippen LogP contribution in [-0.4, -0.2) is 59.0 Å². The van der Waals surface area contributed by atoms with Crippen molar-refractivity contribution in [2.45, 2.75) is 29.2 Å². The number of ether oxygens (including phenoxy) is 2. The Hall–Kier alpha value is -4.55. The van der Waals surface area contributed by atoms with Crippen LogP contribution < -0.4 is 11.3 Å². The van der Waals surface area contributed by atoms with Gasteiger partial charge in [-0.25, -0.2) is 23.8 Å². The van der Waals surface area contributed by atoms with E-state index in [0.717, 1.165) is 4.90 Å². The first-order valence-corrected chi connectivity index (χ1v) is 13.9. The number of benzene rings is 2. The summed E-state index contributed by atoms with van der Waals surface area (Å²) in [6, 6.07) is 21.2. The minimum atomic E-state index is -4.33. The molecule has 3 heterocycles. The van der Waals surface area contributed by atoms with Gasteiger partial charge in [-0.05, 0) is 36.3 Å². The number of amides is 2. The predicted molar refractivity (Wildman–Crippen MR) is 143 cm³/mol. The molecule has 2 aromatic carbocycles. The molecule has 1 aromatic heterocycles. The van der Waals surface area contributed by atoms with E-state index in [2.05, 4.69) is 4.98 Å². The Labute approximate surface area is 230 Å². The highest BCUT2D eigenvalue weighted by atomic mass is 32.2. The summed E-state index contributed by atoms with van der Waals surface area (Å²) in [4.78, 5) is 44.2. The van der Waals surface area contributed by atoms with E-state index < -0.39 is 56.7 Å². The van der Waals surface area contributed by atoms with Crippen LogP contribution in [0.5, 0.6) is 0 Å². The van der Waals surface area contributed by atoms with Crippen molar-refractivity contribution in [3.63, 3.8) is 0 Å². The fraction of sp³-hybridized carbons (Fsp3) is 0.214. The number of sulfone groups is 1. The summed E-state index contributed by atoms with van der Waals surface area (Å²) in [6.07, 6.45) is 0.890. The lowest BCUT2D eigenvalue weighted by Gasteiger charge is -2.39. The first-order valence-electron chi connectivity index (χ1n) is 12.3. The number of nitrogens with zero attached hydrogens (tertiary/aromatic N) is 2.